The maximum absolute atomic E-state index is 13.3. The second kappa shape index (κ2) is 11.6. The summed E-state index contributed by atoms with van der Waals surface area (Å²) in [4.78, 5) is 31.7. The van der Waals surface area contributed by atoms with E-state index in [2.05, 4.69) is 15.6 Å². The number of thiazole rings is 1. The molecule has 0 unspecified atom stereocenters. The standard InChI is InChI=1S/C24H27ClN4O2S/c1-3-17(2)26-22(30)13-14-29(15-18-9-5-4-6-10-18)23(31)21-16-32-24(28-21)27-20-12-8-7-11-19(20)25/h4-12,16-17H,3,13-15H2,1-2H3,(H,26,30)(H,27,28)/t17-/m1/s1. The number of hydrogen-bond donors (Lipinski definition) is 2. The normalized spacial score (nSPS) is 11.6. The molecule has 2 N–H and O–H groups in total. The largest absolute Gasteiger partial charge is 0.354 e. The van der Waals surface area contributed by atoms with Crippen molar-refractivity contribution in [3.8, 4) is 0 Å². The third kappa shape index (κ3) is 6.80. The van der Waals surface area contributed by atoms with Crippen LogP contribution in [0.25, 0.3) is 0 Å². The number of amides is 2. The van der Waals surface area contributed by atoms with Crippen LogP contribution in [0.15, 0.2) is 60.0 Å². The fourth-order valence-electron chi connectivity index (χ4n) is 3.01. The number of carbonyl (C=O) groups is 2. The average molecular weight is 471 g/mol. The van der Waals surface area contributed by atoms with Crippen molar-refractivity contribution in [2.45, 2.75) is 39.3 Å². The van der Waals surface area contributed by atoms with Gasteiger partial charge in [0.05, 0.1) is 10.7 Å². The van der Waals surface area contributed by atoms with Crippen LogP contribution < -0.4 is 10.6 Å². The van der Waals surface area contributed by atoms with E-state index in [0.29, 0.717) is 28.9 Å². The van der Waals surface area contributed by atoms with Crippen LogP contribution in [0.3, 0.4) is 0 Å². The zero-order valence-electron chi connectivity index (χ0n) is 18.2. The van der Waals surface area contributed by atoms with Gasteiger partial charge in [-0.05, 0) is 31.0 Å². The molecule has 6 nitrogen and oxygen atoms in total. The van der Waals surface area contributed by atoms with Gasteiger partial charge in [-0.3, -0.25) is 9.59 Å². The molecule has 0 fully saturated rings. The summed E-state index contributed by atoms with van der Waals surface area (Å²) in [5.41, 5.74) is 2.06. The quantitative estimate of drug-likeness (QED) is 0.411. The topological polar surface area (TPSA) is 74.3 Å². The van der Waals surface area contributed by atoms with Crippen LogP contribution in [-0.4, -0.2) is 34.3 Å². The molecule has 0 aliphatic heterocycles. The first-order valence-corrected chi connectivity index (χ1v) is 11.8. The molecule has 2 amide bonds. The van der Waals surface area contributed by atoms with Crippen LogP contribution in [0.5, 0.6) is 0 Å². The number of hydrogen-bond acceptors (Lipinski definition) is 5. The molecule has 0 saturated carbocycles. The number of nitrogens with one attached hydrogen (secondary N) is 2. The average Bonchev–Trinajstić information content (AvgIpc) is 3.27. The summed E-state index contributed by atoms with van der Waals surface area (Å²) in [5.74, 6) is -0.279. The Kier molecular flexibility index (Phi) is 8.64. The first-order valence-electron chi connectivity index (χ1n) is 10.6. The molecule has 3 rings (SSSR count). The summed E-state index contributed by atoms with van der Waals surface area (Å²) in [5, 5.41) is 8.98. The summed E-state index contributed by atoms with van der Waals surface area (Å²) in [6.07, 6.45) is 1.09. The van der Waals surface area contributed by atoms with Crippen molar-refractivity contribution in [3.63, 3.8) is 0 Å². The molecular formula is C24H27ClN4O2S. The second-order valence-electron chi connectivity index (χ2n) is 7.48. The van der Waals surface area contributed by atoms with Crippen molar-refractivity contribution in [3.05, 3.63) is 76.3 Å². The molecule has 8 heteroatoms. The van der Waals surface area contributed by atoms with Gasteiger partial charge in [-0.1, -0.05) is 61.0 Å². The Morgan fingerprint density at radius 1 is 1.12 bits per heavy atom. The Labute approximate surface area is 197 Å². The molecule has 0 spiro atoms. The number of halogens is 1. The lowest BCUT2D eigenvalue weighted by Gasteiger charge is -2.22. The lowest BCUT2D eigenvalue weighted by atomic mass is 10.2. The number of rotatable bonds is 10. The highest BCUT2D eigenvalue weighted by Gasteiger charge is 2.21. The van der Waals surface area contributed by atoms with Crippen LogP contribution >= 0.6 is 22.9 Å². The third-order valence-electron chi connectivity index (χ3n) is 4.97. The smallest absolute Gasteiger partial charge is 0.273 e. The van der Waals surface area contributed by atoms with Crippen LogP contribution in [0, 0.1) is 0 Å². The van der Waals surface area contributed by atoms with Gasteiger partial charge in [0.2, 0.25) is 5.91 Å². The maximum atomic E-state index is 13.3. The molecule has 2 aromatic carbocycles. The number of anilines is 2. The minimum atomic E-state index is -0.214. The Hall–Kier alpha value is -2.90. The summed E-state index contributed by atoms with van der Waals surface area (Å²) in [6, 6.07) is 17.2. The minimum absolute atomic E-state index is 0.0652. The zero-order valence-corrected chi connectivity index (χ0v) is 19.7. The lowest BCUT2D eigenvalue weighted by molar-refractivity contribution is -0.121. The van der Waals surface area contributed by atoms with Gasteiger partial charge in [-0.2, -0.15) is 0 Å². The summed E-state index contributed by atoms with van der Waals surface area (Å²) in [6.45, 7) is 4.70. The van der Waals surface area contributed by atoms with Crippen LogP contribution in [0.2, 0.25) is 5.02 Å². The SMILES string of the molecule is CC[C@@H](C)NC(=O)CCN(Cc1ccccc1)C(=O)c1csc(Nc2ccccc2Cl)n1. The van der Waals surface area contributed by atoms with Crippen LogP contribution in [-0.2, 0) is 11.3 Å². The predicted molar refractivity (Wildman–Crippen MR) is 131 cm³/mol. The number of aromatic nitrogens is 1. The van der Waals surface area contributed by atoms with Crippen molar-refractivity contribution >= 4 is 45.6 Å². The van der Waals surface area contributed by atoms with Gasteiger partial charge in [0.1, 0.15) is 5.69 Å². The van der Waals surface area contributed by atoms with Crippen molar-refractivity contribution in [2.24, 2.45) is 0 Å². The third-order valence-corrected chi connectivity index (χ3v) is 6.06. The molecule has 0 aliphatic rings. The Morgan fingerprint density at radius 2 is 1.84 bits per heavy atom. The van der Waals surface area contributed by atoms with E-state index in [0.717, 1.165) is 17.7 Å². The van der Waals surface area contributed by atoms with Crippen LogP contribution in [0.1, 0.15) is 42.7 Å². The molecule has 1 heterocycles. The number of carbonyl (C=O) groups excluding carboxylic acids is 2. The van der Waals surface area contributed by atoms with E-state index >= 15 is 0 Å². The van der Waals surface area contributed by atoms with Gasteiger partial charge in [0, 0.05) is 30.9 Å². The molecule has 1 aromatic heterocycles. The van der Waals surface area contributed by atoms with E-state index in [1.165, 1.54) is 11.3 Å². The van der Waals surface area contributed by atoms with E-state index in [4.69, 9.17) is 11.6 Å². The van der Waals surface area contributed by atoms with E-state index in [-0.39, 0.29) is 24.3 Å². The van der Waals surface area contributed by atoms with Gasteiger partial charge in [-0.25, -0.2) is 4.98 Å². The molecule has 3 aromatic rings. The molecular weight excluding hydrogens is 444 g/mol. The first kappa shape index (κ1) is 23.8. The lowest BCUT2D eigenvalue weighted by Crippen LogP contribution is -2.37. The molecule has 32 heavy (non-hydrogen) atoms. The van der Waals surface area contributed by atoms with Crippen molar-refractivity contribution in [1.82, 2.24) is 15.2 Å². The van der Waals surface area contributed by atoms with Gasteiger partial charge in [0.15, 0.2) is 5.13 Å². The van der Waals surface area contributed by atoms with Crippen molar-refractivity contribution in [2.75, 3.05) is 11.9 Å². The summed E-state index contributed by atoms with van der Waals surface area (Å²) < 4.78 is 0. The zero-order chi connectivity index (χ0) is 22.9. The van der Waals surface area contributed by atoms with Crippen molar-refractivity contribution in [1.29, 1.82) is 0 Å². The van der Waals surface area contributed by atoms with E-state index in [9.17, 15) is 9.59 Å². The van der Waals surface area contributed by atoms with Crippen LogP contribution in [0.4, 0.5) is 10.8 Å². The monoisotopic (exact) mass is 470 g/mol. The highest BCUT2D eigenvalue weighted by Crippen LogP contribution is 2.27. The second-order valence-corrected chi connectivity index (χ2v) is 8.75. The summed E-state index contributed by atoms with van der Waals surface area (Å²) >= 11 is 7.54. The van der Waals surface area contributed by atoms with Gasteiger partial charge < -0.3 is 15.5 Å². The highest BCUT2D eigenvalue weighted by atomic mass is 35.5. The van der Waals surface area contributed by atoms with E-state index in [1.54, 1.807) is 16.3 Å². The number of para-hydroxylation sites is 1. The summed E-state index contributed by atoms with van der Waals surface area (Å²) in [7, 11) is 0. The molecule has 0 aliphatic carbocycles. The first-order chi connectivity index (χ1) is 15.5. The predicted octanol–water partition coefficient (Wildman–Crippen LogP) is 5.49. The van der Waals surface area contributed by atoms with E-state index < -0.39 is 0 Å². The molecule has 0 bridgehead atoms. The number of benzene rings is 2. The number of nitrogens with zero attached hydrogens (tertiary/aromatic N) is 2. The Morgan fingerprint density at radius 3 is 2.56 bits per heavy atom. The fourth-order valence-corrected chi connectivity index (χ4v) is 3.89. The maximum Gasteiger partial charge on any atom is 0.273 e. The molecule has 1 atom stereocenters. The minimum Gasteiger partial charge on any atom is -0.354 e. The van der Waals surface area contributed by atoms with Gasteiger partial charge in [0.25, 0.3) is 5.91 Å². The van der Waals surface area contributed by atoms with Crippen molar-refractivity contribution < 1.29 is 9.59 Å². The van der Waals surface area contributed by atoms with Gasteiger partial charge >= 0.3 is 0 Å². The highest BCUT2D eigenvalue weighted by molar-refractivity contribution is 7.14. The Bertz CT molecular complexity index is 1040. The van der Waals surface area contributed by atoms with E-state index in [1.807, 2.05) is 62.4 Å². The molecule has 0 saturated heterocycles. The van der Waals surface area contributed by atoms with Gasteiger partial charge in [-0.15, -0.1) is 11.3 Å². The Balaban J connectivity index is 1.72. The molecule has 168 valence electrons. The molecule has 0 radical (unpaired) electrons. The fraction of sp³-hybridized carbons (Fsp3) is 0.292.